The van der Waals surface area contributed by atoms with Gasteiger partial charge in [-0.1, -0.05) is 24.3 Å². The van der Waals surface area contributed by atoms with Crippen molar-refractivity contribution in [3.05, 3.63) is 35.4 Å². The van der Waals surface area contributed by atoms with Gasteiger partial charge in [-0.3, -0.25) is 4.79 Å². The minimum Gasteiger partial charge on any atom is -0.321 e. The third kappa shape index (κ3) is 4.17. The average Bonchev–Trinajstić information content (AvgIpc) is 2.62. The summed E-state index contributed by atoms with van der Waals surface area (Å²) in [5, 5.41) is 0. The van der Waals surface area contributed by atoms with Crippen molar-refractivity contribution in [1.29, 1.82) is 0 Å². The van der Waals surface area contributed by atoms with Gasteiger partial charge in [0, 0.05) is 24.2 Å². The van der Waals surface area contributed by atoms with Gasteiger partial charge in [-0.2, -0.15) is 11.8 Å². The third-order valence-corrected chi connectivity index (χ3v) is 6.62. The summed E-state index contributed by atoms with van der Waals surface area (Å²) in [5.74, 6) is 3.62. The normalized spacial score (nSPS) is 22.8. The number of benzene rings is 1. The van der Waals surface area contributed by atoms with Gasteiger partial charge in [0.15, 0.2) is 0 Å². The van der Waals surface area contributed by atoms with Crippen LogP contribution in [-0.2, 0) is 5.54 Å². The van der Waals surface area contributed by atoms with Crippen LogP contribution >= 0.6 is 11.8 Å². The largest absolute Gasteiger partial charge is 0.321 e. The van der Waals surface area contributed by atoms with Crippen molar-refractivity contribution < 1.29 is 4.79 Å². The molecule has 4 heteroatoms. The van der Waals surface area contributed by atoms with Crippen LogP contribution in [0.4, 0.5) is 0 Å². The molecule has 0 aliphatic carbocycles. The number of piperidine rings is 1. The van der Waals surface area contributed by atoms with Crippen molar-refractivity contribution in [2.75, 3.05) is 31.1 Å². The molecule has 2 aliphatic rings. The molecule has 2 heterocycles. The molecule has 1 aromatic rings. The van der Waals surface area contributed by atoms with Crippen LogP contribution in [0, 0.1) is 5.92 Å². The van der Waals surface area contributed by atoms with E-state index in [1.807, 2.05) is 24.3 Å². The smallest absolute Gasteiger partial charge is 0.150 e. The fourth-order valence-corrected chi connectivity index (χ4v) is 5.10. The zero-order valence-electron chi connectivity index (χ0n) is 13.9. The Balaban J connectivity index is 1.53. The summed E-state index contributed by atoms with van der Waals surface area (Å²) >= 11 is 2.10. The molecule has 2 N–H and O–H groups in total. The van der Waals surface area contributed by atoms with Crippen LogP contribution in [0.3, 0.4) is 0 Å². The summed E-state index contributed by atoms with van der Waals surface area (Å²) in [5.41, 5.74) is 8.11. The van der Waals surface area contributed by atoms with Gasteiger partial charge >= 0.3 is 0 Å². The first-order valence-electron chi connectivity index (χ1n) is 8.85. The molecule has 2 aliphatic heterocycles. The molecule has 0 saturated carbocycles. The highest BCUT2D eigenvalue weighted by Crippen LogP contribution is 2.33. The molecule has 0 atom stereocenters. The number of likely N-dealkylation sites (tertiary alicyclic amines) is 1. The number of hydrogen-bond acceptors (Lipinski definition) is 4. The lowest BCUT2D eigenvalue weighted by molar-refractivity contribution is 0.111. The van der Waals surface area contributed by atoms with Crippen LogP contribution in [0.1, 0.15) is 48.0 Å². The summed E-state index contributed by atoms with van der Waals surface area (Å²) in [6.45, 7) is 3.30. The molecule has 2 fully saturated rings. The van der Waals surface area contributed by atoms with Crippen LogP contribution in [0.2, 0.25) is 0 Å². The fraction of sp³-hybridized carbons (Fsp3) is 0.632. The van der Waals surface area contributed by atoms with Crippen molar-refractivity contribution in [3.63, 3.8) is 0 Å². The molecule has 0 unspecified atom stereocenters. The highest BCUT2D eigenvalue weighted by atomic mass is 32.2. The summed E-state index contributed by atoms with van der Waals surface area (Å²) in [6.07, 6.45) is 6.95. The molecule has 0 amide bonds. The molecule has 3 rings (SSSR count). The van der Waals surface area contributed by atoms with Crippen LogP contribution in [-0.4, -0.2) is 42.3 Å². The lowest BCUT2D eigenvalue weighted by Crippen LogP contribution is -2.49. The third-order valence-electron chi connectivity index (χ3n) is 5.57. The Kier molecular flexibility index (Phi) is 5.78. The molecule has 2 saturated heterocycles. The minimum absolute atomic E-state index is 0.338. The Hall–Kier alpha value is -0.840. The molecule has 1 aromatic carbocycles. The van der Waals surface area contributed by atoms with Gasteiger partial charge in [-0.05, 0) is 61.6 Å². The Labute approximate surface area is 144 Å². The molecule has 0 spiro atoms. The summed E-state index contributed by atoms with van der Waals surface area (Å²) < 4.78 is 0. The number of hydrogen-bond donors (Lipinski definition) is 1. The van der Waals surface area contributed by atoms with E-state index in [1.165, 1.54) is 37.3 Å². The fourth-order valence-electron chi connectivity index (χ4n) is 3.90. The van der Waals surface area contributed by atoms with Gasteiger partial charge in [-0.25, -0.2) is 0 Å². The predicted molar refractivity (Wildman–Crippen MR) is 98.0 cm³/mol. The Morgan fingerprint density at radius 2 is 1.91 bits per heavy atom. The van der Waals surface area contributed by atoms with E-state index < -0.39 is 0 Å². The number of nitrogens with zero attached hydrogens (tertiary/aromatic N) is 1. The van der Waals surface area contributed by atoms with E-state index in [0.717, 1.165) is 49.3 Å². The van der Waals surface area contributed by atoms with Crippen molar-refractivity contribution in [2.24, 2.45) is 11.7 Å². The molecular formula is C19H28N2OS. The van der Waals surface area contributed by atoms with Crippen molar-refractivity contribution in [2.45, 2.75) is 37.6 Å². The summed E-state index contributed by atoms with van der Waals surface area (Å²) in [6, 6.07) is 7.81. The number of aldehydes is 1. The van der Waals surface area contributed by atoms with Crippen molar-refractivity contribution in [3.8, 4) is 0 Å². The van der Waals surface area contributed by atoms with Crippen LogP contribution in [0.25, 0.3) is 0 Å². The van der Waals surface area contributed by atoms with Crippen LogP contribution in [0.5, 0.6) is 0 Å². The maximum atomic E-state index is 11.3. The maximum Gasteiger partial charge on any atom is 0.150 e. The van der Waals surface area contributed by atoms with E-state index in [0.29, 0.717) is 0 Å². The number of nitrogens with two attached hydrogens (primary N) is 1. The quantitative estimate of drug-likeness (QED) is 0.841. The number of rotatable bonds is 5. The lowest BCUT2D eigenvalue weighted by atomic mass is 9.79. The second-order valence-electron chi connectivity index (χ2n) is 7.05. The van der Waals surface area contributed by atoms with E-state index in [9.17, 15) is 4.79 Å². The minimum atomic E-state index is -0.338. The number of thioether (sulfide) groups is 1. The van der Waals surface area contributed by atoms with E-state index in [-0.39, 0.29) is 5.54 Å². The molecule has 23 heavy (non-hydrogen) atoms. The average molecular weight is 333 g/mol. The summed E-state index contributed by atoms with van der Waals surface area (Å²) in [4.78, 5) is 13.9. The maximum absolute atomic E-state index is 11.3. The first kappa shape index (κ1) is 17.0. The van der Waals surface area contributed by atoms with Crippen LogP contribution in [0.15, 0.2) is 24.3 Å². The van der Waals surface area contributed by atoms with Gasteiger partial charge in [0.25, 0.3) is 0 Å². The zero-order valence-corrected chi connectivity index (χ0v) is 14.7. The number of carbonyl (C=O) groups is 1. The Bertz CT molecular complexity index is 520. The highest BCUT2D eigenvalue weighted by Gasteiger charge is 2.33. The van der Waals surface area contributed by atoms with E-state index in [2.05, 4.69) is 16.7 Å². The molecule has 0 aromatic heterocycles. The van der Waals surface area contributed by atoms with Gasteiger partial charge in [0.05, 0.1) is 0 Å². The first-order valence-corrected chi connectivity index (χ1v) is 10.0. The van der Waals surface area contributed by atoms with E-state index >= 15 is 0 Å². The van der Waals surface area contributed by atoms with Gasteiger partial charge in [0.1, 0.15) is 6.29 Å². The SMILES string of the molecule is NC1(c2ccccc2C=O)CCN(CCC2CCSCC2)CC1. The first-order chi connectivity index (χ1) is 11.2. The molecule has 126 valence electrons. The monoisotopic (exact) mass is 332 g/mol. The highest BCUT2D eigenvalue weighted by molar-refractivity contribution is 7.99. The van der Waals surface area contributed by atoms with Crippen LogP contribution < -0.4 is 5.73 Å². The number of carbonyl (C=O) groups excluding carboxylic acids is 1. The molecular weight excluding hydrogens is 304 g/mol. The predicted octanol–water partition coefficient (Wildman–Crippen LogP) is 3.28. The lowest BCUT2D eigenvalue weighted by Gasteiger charge is -2.40. The Morgan fingerprint density at radius 1 is 1.22 bits per heavy atom. The van der Waals surface area contributed by atoms with Gasteiger partial charge in [-0.15, -0.1) is 0 Å². The zero-order chi connectivity index (χ0) is 16.1. The summed E-state index contributed by atoms with van der Waals surface area (Å²) in [7, 11) is 0. The van der Waals surface area contributed by atoms with Gasteiger partial charge in [0.2, 0.25) is 0 Å². The topological polar surface area (TPSA) is 46.3 Å². The van der Waals surface area contributed by atoms with Gasteiger partial charge < -0.3 is 10.6 Å². The standard InChI is InChI=1S/C19H28N2OS/c20-19(18-4-2-1-3-17(18)15-22)8-11-21(12-9-19)10-5-16-6-13-23-14-7-16/h1-4,15-16H,5-14,20H2. The van der Waals surface area contributed by atoms with E-state index in [4.69, 9.17) is 5.73 Å². The Morgan fingerprint density at radius 3 is 2.61 bits per heavy atom. The van der Waals surface area contributed by atoms with Crippen molar-refractivity contribution >= 4 is 18.0 Å². The van der Waals surface area contributed by atoms with Crippen molar-refractivity contribution in [1.82, 2.24) is 4.90 Å². The molecule has 3 nitrogen and oxygen atoms in total. The molecule has 0 radical (unpaired) electrons. The second-order valence-corrected chi connectivity index (χ2v) is 8.27. The second kappa shape index (κ2) is 7.82. The molecule has 0 bridgehead atoms. The van der Waals surface area contributed by atoms with E-state index in [1.54, 1.807) is 0 Å².